The molecule has 1 amide bonds. The van der Waals surface area contributed by atoms with Gasteiger partial charge in [-0.25, -0.2) is 9.97 Å². The zero-order valence-electron chi connectivity index (χ0n) is 14.5. The second-order valence-electron chi connectivity index (χ2n) is 6.30. The average Bonchev–Trinajstić information content (AvgIpc) is 3.18. The molecule has 0 unspecified atom stereocenters. The molecule has 0 radical (unpaired) electrons. The molecule has 0 spiro atoms. The van der Waals surface area contributed by atoms with E-state index in [9.17, 15) is 4.79 Å². The molecule has 3 heterocycles. The number of hydrogen-bond acceptors (Lipinski definition) is 4. The molecular formula is C20H21N4OS+. The Labute approximate surface area is 156 Å². The predicted molar refractivity (Wildman–Crippen MR) is 103 cm³/mol. The number of anilines is 1. The summed E-state index contributed by atoms with van der Waals surface area (Å²) in [6, 6.07) is 16.2. The van der Waals surface area contributed by atoms with E-state index in [1.54, 1.807) is 11.3 Å². The summed E-state index contributed by atoms with van der Waals surface area (Å²) in [6.07, 6.45) is 2.31. The number of amides is 1. The van der Waals surface area contributed by atoms with Crippen LogP contribution in [-0.4, -0.2) is 42.0 Å². The number of H-pyrrole nitrogens is 1. The molecule has 1 fully saturated rings. The molecule has 3 aromatic rings. The smallest absolute Gasteiger partial charge is 0.274 e. The Morgan fingerprint density at radius 2 is 1.81 bits per heavy atom. The molecule has 4 rings (SSSR count). The van der Waals surface area contributed by atoms with Crippen molar-refractivity contribution in [1.82, 2.24) is 9.88 Å². The minimum atomic E-state index is 0.159. The van der Waals surface area contributed by atoms with E-state index < -0.39 is 0 Å². The number of nitrogens with zero attached hydrogens (tertiary/aromatic N) is 3. The third-order valence-corrected chi connectivity index (χ3v) is 5.51. The highest BCUT2D eigenvalue weighted by Gasteiger charge is 2.26. The number of carbonyl (C=O) groups excluding carboxylic acids is 1. The van der Waals surface area contributed by atoms with Crippen LogP contribution in [0.1, 0.15) is 5.69 Å². The van der Waals surface area contributed by atoms with Crippen molar-refractivity contribution in [1.29, 1.82) is 0 Å². The average molecular weight is 365 g/mol. The van der Waals surface area contributed by atoms with Crippen LogP contribution in [0.25, 0.3) is 10.6 Å². The fourth-order valence-electron chi connectivity index (χ4n) is 3.15. The van der Waals surface area contributed by atoms with E-state index >= 15 is 0 Å². The Kier molecular flexibility index (Phi) is 4.93. The summed E-state index contributed by atoms with van der Waals surface area (Å²) in [5.41, 5.74) is 1.96. The van der Waals surface area contributed by atoms with E-state index in [4.69, 9.17) is 0 Å². The first-order chi connectivity index (χ1) is 12.8. The van der Waals surface area contributed by atoms with Gasteiger partial charge in [0.15, 0.2) is 0 Å². The Morgan fingerprint density at radius 1 is 1.04 bits per heavy atom. The molecule has 132 valence electrons. The van der Waals surface area contributed by atoms with Gasteiger partial charge in [0.2, 0.25) is 5.91 Å². The van der Waals surface area contributed by atoms with Gasteiger partial charge in [0.05, 0.1) is 31.4 Å². The van der Waals surface area contributed by atoms with Gasteiger partial charge in [0.1, 0.15) is 18.1 Å². The van der Waals surface area contributed by atoms with Gasteiger partial charge in [-0.1, -0.05) is 36.4 Å². The fourth-order valence-corrected chi connectivity index (χ4v) is 3.97. The highest BCUT2D eigenvalue weighted by molar-refractivity contribution is 7.13. The SMILES string of the molecule is O=C(Cc1csc(-c2ccccc2)n1)N1CCN(c2cccc[nH+]2)CC1. The van der Waals surface area contributed by atoms with E-state index in [0.29, 0.717) is 6.42 Å². The predicted octanol–water partition coefficient (Wildman–Crippen LogP) is 2.52. The molecule has 1 aromatic carbocycles. The number of thiazole rings is 1. The van der Waals surface area contributed by atoms with Crippen molar-refractivity contribution < 1.29 is 9.78 Å². The van der Waals surface area contributed by atoms with Gasteiger partial charge in [0, 0.05) is 17.0 Å². The summed E-state index contributed by atoms with van der Waals surface area (Å²) in [5, 5.41) is 2.97. The van der Waals surface area contributed by atoms with E-state index in [1.165, 1.54) is 0 Å². The van der Waals surface area contributed by atoms with E-state index in [-0.39, 0.29) is 5.91 Å². The summed E-state index contributed by atoms with van der Waals surface area (Å²) in [6.45, 7) is 3.19. The van der Waals surface area contributed by atoms with E-state index in [2.05, 4.69) is 20.9 Å². The monoisotopic (exact) mass is 365 g/mol. The van der Waals surface area contributed by atoms with Crippen LogP contribution in [-0.2, 0) is 11.2 Å². The molecule has 0 saturated carbocycles. The largest absolute Gasteiger partial charge is 0.335 e. The fraction of sp³-hybridized carbons (Fsp3) is 0.250. The van der Waals surface area contributed by atoms with Crippen LogP contribution in [0.2, 0.25) is 0 Å². The topological polar surface area (TPSA) is 50.6 Å². The lowest BCUT2D eigenvalue weighted by Gasteiger charge is -2.30. The van der Waals surface area contributed by atoms with Crippen LogP contribution in [0.15, 0.2) is 60.1 Å². The Hall–Kier alpha value is -2.73. The second kappa shape index (κ2) is 7.66. The number of pyridine rings is 1. The van der Waals surface area contributed by atoms with Crippen molar-refractivity contribution >= 4 is 23.1 Å². The number of piperazine rings is 1. The Bertz CT molecular complexity index is 858. The number of aromatic nitrogens is 2. The number of aromatic amines is 1. The molecule has 6 heteroatoms. The summed E-state index contributed by atoms with van der Waals surface area (Å²) >= 11 is 1.59. The molecule has 1 saturated heterocycles. The molecule has 0 bridgehead atoms. The summed E-state index contributed by atoms with van der Waals surface area (Å²) in [5.74, 6) is 1.26. The van der Waals surface area contributed by atoms with Crippen LogP contribution in [0.3, 0.4) is 0 Å². The summed E-state index contributed by atoms with van der Waals surface area (Å²) < 4.78 is 0. The van der Waals surface area contributed by atoms with E-state index in [1.807, 2.05) is 58.9 Å². The van der Waals surface area contributed by atoms with Gasteiger partial charge in [-0.15, -0.1) is 11.3 Å². The van der Waals surface area contributed by atoms with Crippen LogP contribution in [0.5, 0.6) is 0 Å². The van der Waals surface area contributed by atoms with Gasteiger partial charge < -0.3 is 4.90 Å². The Morgan fingerprint density at radius 3 is 2.54 bits per heavy atom. The van der Waals surface area contributed by atoms with Crippen molar-refractivity contribution in [2.45, 2.75) is 6.42 Å². The molecule has 1 aliphatic rings. The van der Waals surface area contributed by atoms with Crippen LogP contribution >= 0.6 is 11.3 Å². The first-order valence-electron chi connectivity index (χ1n) is 8.79. The maximum absolute atomic E-state index is 12.6. The third kappa shape index (κ3) is 3.75. The minimum absolute atomic E-state index is 0.159. The standard InChI is InChI=1S/C20H20N4OS/c25-19(14-17-15-26-20(22-17)16-6-2-1-3-7-16)24-12-10-23(11-13-24)18-8-4-5-9-21-18/h1-9,15H,10-14H2/p+1. The lowest BCUT2D eigenvalue weighted by molar-refractivity contribution is -0.364. The lowest BCUT2D eigenvalue weighted by Crippen LogP contribution is -2.50. The zero-order chi connectivity index (χ0) is 17.8. The molecule has 0 aliphatic carbocycles. The van der Waals surface area contributed by atoms with Crippen LogP contribution in [0.4, 0.5) is 5.82 Å². The van der Waals surface area contributed by atoms with Gasteiger partial charge in [-0.3, -0.25) is 9.69 Å². The molecule has 2 aromatic heterocycles. The number of hydrogen-bond donors (Lipinski definition) is 0. The minimum Gasteiger partial charge on any atom is -0.335 e. The molecule has 5 nitrogen and oxygen atoms in total. The highest BCUT2D eigenvalue weighted by atomic mass is 32.1. The lowest BCUT2D eigenvalue weighted by atomic mass is 10.2. The normalized spacial score (nSPS) is 14.5. The third-order valence-electron chi connectivity index (χ3n) is 4.57. The second-order valence-corrected chi connectivity index (χ2v) is 7.16. The molecule has 1 N–H and O–H groups in total. The first-order valence-corrected chi connectivity index (χ1v) is 9.67. The maximum Gasteiger partial charge on any atom is 0.274 e. The highest BCUT2D eigenvalue weighted by Crippen LogP contribution is 2.23. The van der Waals surface area contributed by atoms with Gasteiger partial charge in [-0.2, -0.15) is 0 Å². The van der Waals surface area contributed by atoms with Crippen molar-refractivity contribution in [2.75, 3.05) is 31.1 Å². The number of rotatable bonds is 4. The number of benzene rings is 1. The van der Waals surface area contributed by atoms with Gasteiger partial charge in [0.25, 0.3) is 5.82 Å². The summed E-state index contributed by atoms with van der Waals surface area (Å²) in [7, 11) is 0. The summed E-state index contributed by atoms with van der Waals surface area (Å²) in [4.78, 5) is 24.7. The van der Waals surface area contributed by atoms with Crippen molar-refractivity contribution in [2.24, 2.45) is 0 Å². The van der Waals surface area contributed by atoms with Crippen molar-refractivity contribution in [3.8, 4) is 10.6 Å². The Balaban J connectivity index is 1.34. The van der Waals surface area contributed by atoms with Gasteiger partial charge in [-0.05, 0) is 6.07 Å². The molecule has 0 atom stereocenters. The molecule has 26 heavy (non-hydrogen) atoms. The van der Waals surface area contributed by atoms with Crippen LogP contribution < -0.4 is 9.88 Å². The van der Waals surface area contributed by atoms with Crippen molar-refractivity contribution in [3.05, 3.63) is 65.8 Å². The zero-order valence-corrected chi connectivity index (χ0v) is 15.3. The molecule has 1 aliphatic heterocycles. The van der Waals surface area contributed by atoms with E-state index in [0.717, 1.165) is 48.3 Å². The van der Waals surface area contributed by atoms with Gasteiger partial charge >= 0.3 is 0 Å². The number of nitrogens with one attached hydrogen (secondary N) is 1. The van der Waals surface area contributed by atoms with Crippen molar-refractivity contribution in [3.63, 3.8) is 0 Å². The van der Waals surface area contributed by atoms with Crippen LogP contribution in [0, 0.1) is 0 Å². The maximum atomic E-state index is 12.6. The quantitative estimate of drug-likeness (QED) is 0.714. The first kappa shape index (κ1) is 16.7. The molecular weight excluding hydrogens is 344 g/mol. The number of carbonyl (C=O) groups is 1.